The van der Waals surface area contributed by atoms with Crippen LogP contribution in [0.3, 0.4) is 0 Å². The van der Waals surface area contributed by atoms with Crippen LogP contribution < -0.4 is 4.74 Å². The van der Waals surface area contributed by atoms with E-state index >= 15 is 0 Å². The second kappa shape index (κ2) is 8.57. The molecule has 1 aliphatic heterocycles. The average Bonchev–Trinajstić information content (AvgIpc) is 3.16. The standard InChI is InChI=1S/C25H19NO4/c1-2-23(27)29-21-14-8-17(9-15-21)16-22-25(28)30-24(26-22)20-12-10-19(11-13-20)18-6-4-3-5-7-18/h3-16H,2H2,1H3/b22-16-. The summed E-state index contributed by atoms with van der Waals surface area (Å²) in [6.45, 7) is 1.73. The van der Waals surface area contributed by atoms with Crippen LogP contribution in [0, 0.1) is 0 Å². The molecule has 1 heterocycles. The summed E-state index contributed by atoms with van der Waals surface area (Å²) in [5.41, 5.74) is 3.89. The first kappa shape index (κ1) is 19.3. The molecule has 0 atom stereocenters. The molecule has 0 radical (unpaired) electrons. The normalized spacial score (nSPS) is 14.4. The van der Waals surface area contributed by atoms with E-state index in [2.05, 4.69) is 4.99 Å². The summed E-state index contributed by atoms with van der Waals surface area (Å²) in [5, 5.41) is 0. The molecule has 3 aromatic carbocycles. The Morgan fingerprint density at radius 3 is 2.20 bits per heavy atom. The van der Waals surface area contributed by atoms with Crippen molar-refractivity contribution >= 4 is 23.9 Å². The van der Waals surface area contributed by atoms with Crippen LogP contribution in [-0.4, -0.2) is 17.8 Å². The van der Waals surface area contributed by atoms with Crippen LogP contribution in [0.25, 0.3) is 17.2 Å². The number of carbonyl (C=O) groups excluding carboxylic acids is 2. The zero-order chi connectivity index (χ0) is 20.9. The summed E-state index contributed by atoms with van der Waals surface area (Å²) >= 11 is 0. The molecule has 0 unspecified atom stereocenters. The van der Waals surface area contributed by atoms with Crippen LogP contribution in [0.4, 0.5) is 0 Å². The largest absolute Gasteiger partial charge is 0.427 e. The van der Waals surface area contributed by atoms with Gasteiger partial charge in [-0.3, -0.25) is 4.79 Å². The number of carbonyl (C=O) groups is 2. The van der Waals surface area contributed by atoms with E-state index in [0.717, 1.165) is 22.3 Å². The number of ether oxygens (including phenoxy) is 2. The van der Waals surface area contributed by atoms with Crippen LogP contribution >= 0.6 is 0 Å². The van der Waals surface area contributed by atoms with E-state index in [1.165, 1.54) is 0 Å². The Labute approximate surface area is 174 Å². The lowest BCUT2D eigenvalue weighted by Crippen LogP contribution is -2.05. The van der Waals surface area contributed by atoms with Crippen LogP contribution in [0.5, 0.6) is 5.75 Å². The summed E-state index contributed by atoms with van der Waals surface area (Å²) in [4.78, 5) is 27.9. The molecule has 0 fully saturated rings. The second-order valence-electron chi connectivity index (χ2n) is 6.68. The first-order valence-corrected chi connectivity index (χ1v) is 9.61. The number of cyclic esters (lactones) is 1. The van der Waals surface area contributed by atoms with Crippen LogP contribution in [0.15, 0.2) is 89.6 Å². The Morgan fingerprint density at radius 1 is 0.900 bits per heavy atom. The summed E-state index contributed by atoms with van der Waals surface area (Å²) < 4.78 is 10.5. The Morgan fingerprint density at radius 2 is 1.53 bits per heavy atom. The minimum atomic E-state index is -0.501. The van der Waals surface area contributed by atoms with Crippen LogP contribution in [0.2, 0.25) is 0 Å². The van der Waals surface area contributed by atoms with Crippen molar-refractivity contribution in [2.45, 2.75) is 13.3 Å². The van der Waals surface area contributed by atoms with Crippen LogP contribution in [-0.2, 0) is 14.3 Å². The molecular weight excluding hydrogens is 378 g/mol. The molecule has 0 saturated heterocycles. The Hall–Kier alpha value is -3.99. The lowest BCUT2D eigenvalue weighted by molar-refractivity contribution is -0.134. The van der Waals surface area contributed by atoms with Crippen molar-refractivity contribution < 1.29 is 19.1 Å². The number of esters is 2. The topological polar surface area (TPSA) is 65.0 Å². The fourth-order valence-electron chi connectivity index (χ4n) is 2.96. The molecule has 0 spiro atoms. The molecule has 3 aromatic rings. The smallest absolute Gasteiger partial charge is 0.363 e. The SMILES string of the molecule is CCC(=O)Oc1ccc(/C=C2\N=C(c3ccc(-c4ccccc4)cc3)OC2=O)cc1. The Balaban J connectivity index is 1.52. The van der Waals surface area contributed by atoms with Gasteiger partial charge in [-0.05, 0) is 47.0 Å². The van der Waals surface area contributed by atoms with E-state index in [-0.39, 0.29) is 17.6 Å². The maximum absolute atomic E-state index is 12.2. The maximum atomic E-state index is 12.2. The zero-order valence-corrected chi connectivity index (χ0v) is 16.4. The number of aliphatic imine (C=N–C) groups is 1. The first-order valence-electron chi connectivity index (χ1n) is 9.61. The minimum absolute atomic E-state index is 0.218. The van der Waals surface area contributed by atoms with Gasteiger partial charge in [0.15, 0.2) is 5.70 Å². The molecule has 0 saturated carbocycles. The monoisotopic (exact) mass is 397 g/mol. The quantitative estimate of drug-likeness (QED) is 0.345. The third-order valence-corrected chi connectivity index (χ3v) is 4.56. The van der Waals surface area contributed by atoms with Crippen molar-refractivity contribution in [3.05, 3.63) is 95.7 Å². The number of hydrogen-bond donors (Lipinski definition) is 0. The summed E-state index contributed by atoms with van der Waals surface area (Å²) in [5.74, 6) is -0.0633. The van der Waals surface area contributed by atoms with Crippen molar-refractivity contribution in [3.63, 3.8) is 0 Å². The lowest BCUT2D eigenvalue weighted by atomic mass is 10.0. The van der Waals surface area contributed by atoms with Crippen molar-refractivity contribution in [2.24, 2.45) is 4.99 Å². The van der Waals surface area contributed by atoms with Gasteiger partial charge in [0, 0.05) is 12.0 Å². The van der Waals surface area contributed by atoms with Crippen LogP contribution in [0.1, 0.15) is 24.5 Å². The van der Waals surface area contributed by atoms with E-state index in [1.54, 1.807) is 37.3 Å². The predicted octanol–water partition coefficient (Wildman–Crippen LogP) is 5.01. The van der Waals surface area contributed by atoms with Gasteiger partial charge in [0.25, 0.3) is 0 Å². The van der Waals surface area contributed by atoms with Gasteiger partial charge >= 0.3 is 11.9 Å². The molecule has 0 N–H and O–H groups in total. The van der Waals surface area contributed by atoms with Gasteiger partial charge < -0.3 is 9.47 Å². The van der Waals surface area contributed by atoms with Crippen molar-refractivity contribution in [1.29, 1.82) is 0 Å². The zero-order valence-electron chi connectivity index (χ0n) is 16.4. The predicted molar refractivity (Wildman–Crippen MR) is 115 cm³/mol. The van der Waals surface area contributed by atoms with Gasteiger partial charge in [-0.2, -0.15) is 0 Å². The van der Waals surface area contributed by atoms with Crippen molar-refractivity contribution in [2.75, 3.05) is 0 Å². The van der Waals surface area contributed by atoms with E-state index < -0.39 is 5.97 Å². The molecule has 4 rings (SSSR count). The van der Waals surface area contributed by atoms with Gasteiger partial charge in [-0.15, -0.1) is 0 Å². The molecule has 0 bridgehead atoms. The number of rotatable bonds is 5. The molecule has 30 heavy (non-hydrogen) atoms. The van der Waals surface area contributed by atoms with E-state index in [9.17, 15) is 9.59 Å². The van der Waals surface area contributed by atoms with E-state index in [4.69, 9.17) is 9.47 Å². The minimum Gasteiger partial charge on any atom is -0.427 e. The molecule has 148 valence electrons. The molecule has 0 aromatic heterocycles. The molecule has 1 aliphatic rings. The highest BCUT2D eigenvalue weighted by molar-refractivity contribution is 6.13. The highest BCUT2D eigenvalue weighted by atomic mass is 16.6. The highest BCUT2D eigenvalue weighted by Gasteiger charge is 2.24. The third kappa shape index (κ3) is 4.36. The van der Waals surface area contributed by atoms with Gasteiger partial charge in [0.05, 0.1) is 0 Å². The third-order valence-electron chi connectivity index (χ3n) is 4.56. The molecule has 0 aliphatic carbocycles. The fraction of sp³-hybridized carbons (Fsp3) is 0.0800. The summed E-state index contributed by atoms with van der Waals surface area (Å²) in [7, 11) is 0. The van der Waals surface area contributed by atoms with E-state index in [0.29, 0.717) is 12.2 Å². The van der Waals surface area contributed by atoms with Gasteiger partial charge in [-0.25, -0.2) is 9.79 Å². The molecule has 5 heteroatoms. The van der Waals surface area contributed by atoms with Gasteiger partial charge in [-0.1, -0.05) is 61.5 Å². The number of nitrogens with zero attached hydrogens (tertiary/aromatic N) is 1. The average molecular weight is 397 g/mol. The first-order chi connectivity index (χ1) is 14.6. The maximum Gasteiger partial charge on any atom is 0.363 e. The lowest BCUT2D eigenvalue weighted by Gasteiger charge is -2.03. The summed E-state index contributed by atoms with van der Waals surface area (Å²) in [6, 6.07) is 24.6. The number of benzene rings is 3. The molecule has 5 nitrogen and oxygen atoms in total. The Bertz CT molecular complexity index is 1130. The van der Waals surface area contributed by atoms with Crippen molar-refractivity contribution in [1.82, 2.24) is 0 Å². The van der Waals surface area contributed by atoms with Gasteiger partial charge in [0.2, 0.25) is 5.90 Å². The van der Waals surface area contributed by atoms with Crippen molar-refractivity contribution in [3.8, 4) is 16.9 Å². The summed E-state index contributed by atoms with van der Waals surface area (Å²) in [6.07, 6.45) is 1.94. The highest BCUT2D eigenvalue weighted by Crippen LogP contribution is 2.23. The van der Waals surface area contributed by atoms with E-state index in [1.807, 2.05) is 54.6 Å². The fourth-order valence-corrected chi connectivity index (χ4v) is 2.96. The van der Waals surface area contributed by atoms with Gasteiger partial charge in [0.1, 0.15) is 5.75 Å². The Kier molecular flexibility index (Phi) is 5.52. The second-order valence-corrected chi connectivity index (χ2v) is 6.68. The molecule has 0 amide bonds. The number of hydrogen-bond acceptors (Lipinski definition) is 5. The molecular formula is C25H19NO4.